The molecule has 2 aliphatic heterocycles. The lowest BCUT2D eigenvalue weighted by molar-refractivity contribution is -0.127. The molecule has 2 aromatic rings. The molecule has 0 bridgehead atoms. The summed E-state index contributed by atoms with van der Waals surface area (Å²) < 4.78 is 34.5. The van der Waals surface area contributed by atoms with Crippen molar-refractivity contribution in [2.24, 2.45) is 5.92 Å². The lowest BCUT2D eigenvalue weighted by Gasteiger charge is -2.33. The molecule has 4 heterocycles. The third-order valence-corrected chi connectivity index (χ3v) is 7.43. The summed E-state index contributed by atoms with van der Waals surface area (Å²) >= 11 is 0. The van der Waals surface area contributed by atoms with E-state index in [4.69, 9.17) is 8.83 Å². The standard InChI is InChI=1S/C19H22N4O5S/c1-19(6-10-29(25,26)12-19)22-16(24)13-4-7-23(8-5-13)18-14(11-20)21-17(28-18)15-3-2-9-27-15/h2-3,9,13H,4-8,10,12H2,1H3,(H,22,24)/t19-/m1/s1. The number of nitriles is 1. The fraction of sp³-hybridized carbons (Fsp3) is 0.526. The van der Waals surface area contributed by atoms with E-state index in [1.807, 2.05) is 11.0 Å². The Hall–Kier alpha value is -2.80. The number of oxazole rings is 1. The molecule has 0 spiro atoms. The highest BCUT2D eigenvalue weighted by molar-refractivity contribution is 7.91. The summed E-state index contributed by atoms with van der Waals surface area (Å²) in [6, 6.07) is 5.46. The van der Waals surface area contributed by atoms with Gasteiger partial charge in [0, 0.05) is 19.0 Å². The Kier molecular flexibility index (Phi) is 4.86. The van der Waals surface area contributed by atoms with Crippen LogP contribution in [0.1, 0.15) is 31.9 Å². The summed E-state index contributed by atoms with van der Waals surface area (Å²) in [7, 11) is -3.08. The number of anilines is 1. The molecule has 10 heteroatoms. The summed E-state index contributed by atoms with van der Waals surface area (Å²) in [5.41, 5.74) is -0.507. The van der Waals surface area contributed by atoms with Crippen LogP contribution in [0.25, 0.3) is 11.7 Å². The molecule has 9 nitrogen and oxygen atoms in total. The molecule has 0 radical (unpaired) electrons. The average molecular weight is 418 g/mol. The van der Waals surface area contributed by atoms with Gasteiger partial charge in [0.1, 0.15) is 6.07 Å². The summed E-state index contributed by atoms with van der Waals surface area (Å²) in [6.45, 7) is 2.86. The number of rotatable bonds is 4. The minimum atomic E-state index is -3.08. The first-order valence-corrected chi connectivity index (χ1v) is 11.3. The van der Waals surface area contributed by atoms with Crippen LogP contribution in [0, 0.1) is 17.2 Å². The zero-order valence-corrected chi connectivity index (χ0v) is 16.9. The van der Waals surface area contributed by atoms with Crippen LogP contribution in [0.4, 0.5) is 5.88 Å². The summed E-state index contributed by atoms with van der Waals surface area (Å²) in [5, 5.41) is 12.3. The van der Waals surface area contributed by atoms with Crippen molar-refractivity contribution in [1.82, 2.24) is 10.3 Å². The number of nitrogens with one attached hydrogen (secondary N) is 1. The quantitative estimate of drug-likeness (QED) is 0.794. The molecule has 4 rings (SSSR count). The van der Waals surface area contributed by atoms with E-state index in [-0.39, 0.29) is 34.9 Å². The number of hydrogen-bond donors (Lipinski definition) is 1. The van der Waals surface area contributed by atoms with Crippen molar-refractivity contribution in [2.45, 2.75) is 31.7 Å². The van der Waals surface area contributed by atoms with E-state index < -0.39 is 15.4 Å². The minimum Gasteiger partial charge on any atom is -0.459 e. The first-order valence-electron chi connectivity index (χ1n) is 9.51. The van der Waals surface area contributed by atoms with Gasteiger partial charge in [-0.15, -0.1) is 0 Å². The molecule has 1 amide bonds. The van der Waals surface area contributed by atoms with Crippen LogP contribution in [0.15, 0.2) is 27.2 Å². The van der Waals surface area contributed by atoms with E-state index in [9.17, 15) is 18.5 Å². The zero-order valence-electron chi connectivity index (χ0n) is 16.1. The molecule has 2 fully saturated rings. The zero-order chi connectivity index (χ0) is 20.6. The highest BCUT2D eigenvalue weighted by Gasteiger charge is 2.41. The molecule has 2 aliphatic rings. The number of hydrogen-bond acceptors (Lipinski definition) is 8. The second kappa shape index (κ2) is 7.22. The van der Waals surface area contributed by atoms with Crippen molar-refractivity contribution in [2.75, 3.05) is 29.5 Å². The van der Waals surface area contributed by atoms with Gasteiger partial charge in [-0.05, 0) is 38.3 Å². The van der Waals surface area contributed by atoms with Gasteiger partial charge in [0.2, 0.25) is 17.5 Å². The predicted octanol–water partition coefficient (Wildman–Crippen LogP) is 1.72. The fourth-order valence-electron chi connectivity index (χ4n) is 3.96. The predicted molar refractivity (Wildman–Crippen MR) is 104 cm³/mol. The van der Waals surface area contributed by atoms with Gasteiger partial charge in [-0.3, -0.25) is 4.79 Å². The molecule has 29 heavy (non-hydrogen) atoms. The van der Waals surface area contributed by atoms with Crippen molar-refractivity contribution in [3.63, 3.8) is 0 Å². The van der Waals surface area contributed by atoms with Gasteiger partial charge in [-0.1, -0.05) is 0 Å². The largest absolute Gasteiger partial charge is 0.459 e. The monoisotopic (exact) mass is 418 g/mol. The Morgan fingerprint density at radius 2 is 2.17 bits per heavy atom. The highest BCUT2D eigenvalue weighted by atomic mass is 32.2. The minimum absolute atomic E-state index is 0.0102. The molecule has 2 saturated heterocycles. The maximum Gasteiger partial charge on any atom is 0.266 e. The number of piperidine rings is 1. The Balaban J connectivity index is 1.40. The van der Waals surface area contributed by atoms with Gasteiger partial charge >= 0.3 is 0 Å². The molecule has 0 aromatic carbocycles. The Morgan fingerprint density at radius 3 is 2.76 bits per heavy atom. The number of aromatic nitrogens is 1. The van der Waals surface area contributed by atoms with Crippen molar-refractivity contribution in [3.8, 4) is 17.7 Å². The third-order valence-electron chi connectivity index (χ3n) is 5.53. The molecule has 1 N–H and O–H groups in total. The SMILES string of the molecule is C[C@@]1(NC(=O)C2CCN(c3oc(-c4ccco4)nc3C#N)CC2)CCS(=O)(=O)C1. The lowest BCUT2D eigenvalue weighted by atomic mass is 9.93. The fourth-order valence-corrected chi connectivity index (χ4v) is 6.05. The van der Waals surface area contributed by atoms with Crippen molar-refractivity contribution < 1.29 is 22.0 Å². The van der Waals surface area contributed by atoms with Crippen molar-refractivity contribution in [3.05, 3.63) is 24.1 Å². The Morgan fingerprint density at radius 1 is 1.41 bits per heavy atom. The summed E-state index contributed by atoms with van der Waals surface area (Å²) in [4.78, 5) is 18.8. The van der Waals surface area contributed by atoms with Crippen LogP contribution in [0.2, 0.25) is 0 Å². The molecule has 2 aromatic heterocycles. The molecule has 0 aliphatic carbocycles. The molecule has 154 valence electrons. The van der Waals surface area contributed by atoms with Gasteiger partial charge in [0.25, 0.3) is 5.89 Å². The van der Waals surface area contributed by atoms with Crippen LogP contribution >= 0.6 is 0 Å². The third kappa shape index (κ3) is 4.00. The number of furan rings is 1. The van der Waals surface area contributed by atoms with Crippen molar-refractivity contribution in [1.29, 1.82) is 5.26 Å². The highest BCUT2D eigenvalue weighted by Crippen LogP contribution is 2.32. The smallest absolute Gasteiger partial charge is 0.266 e. The van der Waals surface area contributed by atoms with Crippen LogP contribution in [-0.4, -0.2) is 49.4 Å². The number of sulfone groups is 1. The first-order chi connectivity index (χ1) is 13.8. The average Bonchev–Trinajstić information content (AvgIpc) is 3.40. The first kappa shape index (κ1) is 19.5. The van der Waals surface area contributed by atoms with Gasteiger partial charge < -0.3 is 19.1 Å². The van der Waals surface area contributed by atoms with Crippen molar-refractivity contribution >= 4 is 21.6 Å². The molecular weight excluding hydrogens is 396 g/mol. The van der Waals surface area contributed by atoms with Gasteiger partial charge in [0.15, 0.2) is 15.6 Å². The number of carbonyl (C=O) groups is 1. The van der Waals surface area contributed by atoms with Gasteiger partial charge in [-0.25, -0.2) is 8.42 Å². The lowest BCUT2D eigenvalue weighted by Crippen LogP contribution is -2.51. The normalized spacial score (nSPS) is 24.3. The summed E-state index contributed by atoms with van der Waals surface area (Å²) in [5.74, 6) is 0.861. The maximum absolute atomic E-state index is 12.7. The second-order valence-corrected chi connectivity index (χ2v) is 10.1. The van der Waals surface area contributed by atoms with Gasteiger partial charge in [0.05, 0.1) is 23.3 Å². The van der Waals surface area contributed by atoms with E-state index in [2.05, 4.69) is 10.3 Å². The van der Waals surface area contributed by atoms with Crippen LogP contribution in [-0.2, 0) is 14.6 Å². The van der Waals surface area contributed by atoms with E-state index in [0.717, 1.165) is 0 Å². The Bertz CT molecular complexity index is 1050. The van der Waals surface area contributed by atoms with Crippen LogP contribution < -0.4 is 10.2 Å². The van der Waals surface area contributed by atoms with E-state index >= 15 is 0 Å². The number of nitrogens with zero attached hydrogens (tertiary/aromatic N) is 3. The molecule has 0 unspecified atom stereocenters. The van der Waals surface area contributed by atoms with Crippen LogP contribution in [0.3, 0.4) is 0 Å². The molecular formula is C19H22N4O5S. The van der Waals surface area contributed by atoms with Crippen LogP contribution in [0.5, 0.6) is 0 Å². The van der Waals surface area contributed by atoms with E-state index in [1.54, 1.807) is 19.1 Å². The van der Waals surface area contributed by atoms with E-state index in [0.29, 0.717) is 44.0 Å². The summed E-state index contributed by atoms with van der Waals surface area (Å²) in [6.07, 6.45) is 3.11. The maximum atomic E-state index is 12.7. The topological polar surface area (TPSA) is 129 Å². The molecule has 0 saturated carbocycles. The number of amides is 1. The Labute approximate surface area is 168 Å². The molecule has 1 atom stereocenters. The number of carbonyl (C=O) groups excluding carboxylic acids is 1. The second-order valence-electron chi connectivity index (χ2n) is 7.92. The van der Waals surface area contributed by atoms with Gasteiger partial charge in [-0.2, -0.15) is 10.2 Å². The van der Waals surface area contributed by atoms with E-state index in [1.165, 1.54) is 6.26 Å².